The van der Waals surface area contributed by atoms with Gasteiger partial charge in [-0.1, -0.05) is 35.9 Å². The van der Waals surface area contributed by atoms with Gasteiger partial charge in [0.25, 0.3) is 0 Å². The number of esters is 1. The van der Waals surface area contributed by atoms with Crippen molar-refractivity contribution in [3.05, 3.63) is 70.8 Å². The maximum atomic E-state index is 11.8. The van der Waals surface area contributed by atoms with Crippen molar-refractivity contribution in [2.45, 2.75) is 25.2 Å². The lowest BCUT2D eigenvalue weighted by Gasteiger charge is -2.35. The van der Waals surface area contributed by atoms with E-state index in [2.05, 4.69) is 43.3 Å². The predicted octanol–water partition coefficient (Wildman–Crippen LogP) is 5.01. The predicted molar refractivity (Wildman–Crippen MR) is 117 cm³/mol. The summed E-state index contributed by atoms with van der Waals surface area (Å²) in [6.45, 7) is 1.08. The second-order valence-corrected chi connectivity index (χ2v) is 8.07. The van der Waals surface area contributed by atoms with Crippen LogP contribution in [0.1, 0.15) is 46.7 Å². The molecule has 2 aromatic carbocycles. The van der Waals surface area contributed by atoms with Crippen molar-refractivity contribution < 1.29 is 14.3 Å². The molecule has 1 aliphatic rings. The fourth-order valence-corrected chi connectivity index (χ4v) is 4.31. The number of rotatable bonds is 6. The van der Waals surface area contributed by atoms with E-state index in [1.165, 1.54) is 18.2 Å². The van der Waals surface area contributed by atoms with Crippen LogP contribution >= 0.6 is 0 Å². The summed E-state index contributed by atoms with van der Waals surface area (Å²) >= 11 is 0. The number of carbonyl (C=O) groups is 1. The number of methoxy groups -OCH3 is 2. The zero-order valence-corrected chi connectivity index (χ0v) is 17.9. The third kappa shape index (κ3) is 5.48. The number of benzene rings is 2. The normalized spacial score (nSPS) is 20.7. The Kier molecular flexibility index (Phi) is 7.10. The summed E-state index contributed by atoms with van der Waals surface area (Å²) in [7, 11) is 7.42. The van der Waals surface area contributed by atoms with Crippen molar-refractivity contribution in [1.82, 2.24) is 4.90 Å². The fraction of sp³-hybridized carbons (Fsp3) is 0.400. The van der Waals surface area contributed by atoms with Gasteiger partial charge in [-0.2, -0.15) is 0 Å². The zero-order valence-electron chi connectivity index (χ0n) is 17.9. The van der Waals surface area contributed by atoms with E-state index in [4.69, 9.17) is 9.47 Å². The highest BCUT2D eigenvalue weighted by molar-refractivity contribution is 5.90. The van der Waals surface area contributed by atoms with Gasteiger partial charge in [0.15, 0.2) is 0 Å². The maximum Gasteiger partial charge on any atom is 0.337 e. The molecule has 0 unspecified atom stereocenters. The van der Waals surface area contributed by atoms with Gasteiger partial charge >= 0.3 is 5.97 Å². The largest absolute Gasteiger partial charge is 0.497 e. The molecule has 0 heterocycles. The Balaban J connectivity index is 1.87. The first kappa shape index (κ1) is 21.1. The van der Waals surface area contributed by atoms with Crippen molar-refractivity contribution in [3.63, 3.8) is 0 Å². The smallest absolute Gasteiger partial charge is 0.337 e. The van der Waals surface area contributed by atoms with Gasteiger partial charge in [-0.15, -0.1) is 0 Å². The summed E-state index contributed by atoms with van der Waals surface area (Å²) in [5, 5.41) is 0. The first-order chi connectivity index (χ1) is 14.0. The van der Waals surface area contributed by atoms with Crippen LogP contribution < -0.4 is 4.74 Å². The Morgan fingerprint density at radius 2 is 1.93 bits per heavy atom. The molecule has 0 N–H and O–H groups in total. The second kappa shape index (κ2) is 9.75. The van der Waals surface area contributed by atoms with Crippen molar-refractivity contribution in [2.75, 3.05) is 34.9 Å². The van der Waals surface area contributed by atoms with Crippen LogP contribution in [0, 0.1) is 5.92 Å². The molecule has 0 aromatic heterocycles. The third-order valence-electron chi connectivity index (χ3n) is 5.69. The van der Waals surface area contributed by atoms with Crippen molar-refractivity contribution in [2.24, 2.45) is 5.92 Å². The molecule has 2 aromatic rings. The average Bonchev–Trinajstić information content (AvgIpc) is 2.74. The molecule has 4 heteroatoms. The highest BCUT2D eigenvalue weighted by atomic mass is 16.5. The van der Waals surface area contributed by atoms with E-state index in [0.717, 1.165) is 37.1 Å². The lowest BCUT2D eigenvalue weighted by Crippen LogP contribution is -2.29. The Bertz CT molecular complexity index is 872. The van der Waals surface area contributed by atoms with Crippen LogP contribution in [0.15, 0.2) is 54.1 Å². The molecule has 0 saturated heterocycles. The van der Waals surface area contributed by atoms with Crippen LogP contribution in [0.4, 0.5) is 0 Å². The average molecular weight is 394 g/mol. The van der Waals surface area contributed by atoms with Gasteiger partial charge in [0.2, 0.25) is 0 Å². The van der Waals surface area contributed by atoms with E-state index in [1.807, 2.05) is 24.3 Å². The van der Waals surface area contributed by atoms with E-state index in [1.54, 1.807) is 13.2 Å². The van der Waals surface area contributed by atoms with Crippen molar-refractivity contribution >= 4 is 12.0 Å². The SMILES string of the molecule is COC(=O)c1cccc(/C=C2\CC[C@@H](CN(C)C)[C@@H](c3cccc(OC)c3)C2)c1. The molecule has 0 aliphatic heterocycles. The highest BCUT2D eigenvalue weighted by Crippen LogP contribution is 2.42. The van der Waals surface area contributed by atoms with Gasteiger partial charge in [-0.05, 0) is 80.6 Å². The number of allylic oxidation sites excluding steroid dienone is 1. The first-order valence-electron chi connectivity index (χ1n) is 10.2. The van der Waals surface area contributed by atoms with Crippen molar-refractivity contribution in [3.8, 4) is 5.75 Å². The Labute approximate surface area is 174 Å². The molecule has 4 nitrogen and oxygen atoms in total. The molecule has 0 radical (unpaired) electrons. The number of nitrogens with zero attached hydrogens (tertiary/aromatic N) is 1. The lowest BCUT2D eigenvalue weighted by molar-refractivity contribution is 0.0600. The summed E-state index contributed by atoms with van der Waals surface area (Å²) in [4.78, 5) is 14.1. The van der Waals surface area contributed by atoms with E-state index in [0.29, 0.717) is 17.4 Å². The van der Waals surface area contributed by atoms with Crippen LogP contribution in [-0.2, 0) is 4.74 Å². The Morgan fingerprint density at radius 3 is 2.66 bits per heavy atom. The molecule has 2 atom stereocenters. The van der Waals surface area contributed by atoms with Crippen LogP contribution in [0.5, 0.6) is 5.75 Å². The number of ether oxygens (including phenoxy) is 2. The molecule has 1 fully saturated rings. The van der Waals surface area contributed by atoms with Crippen LogP contribution in [-0.4, -0.2) is 45.7 Å². The number of hydrogen-bond acceptors (Lipinski definition) is 4. The van der Waals surface area contributed by atoms with Crippen LogP contribution in [0.25, 0.3) is 6.08 Å². The molecule has 0 bridgehead atoms. The molecule has 1 saturated carbocycles. The van der Waals surface area contributed by atoms with Gasteiger partial charge in [0.1, 0.15) is 5.75 Å². The molecule has 1 aliphatic carbocycles. The molecule has 3 rings (SSSR count). The summed E-state index contributed by atoms with van der Waals surface area (Å²) in [6.07, 6.45) is 5.50. The van der Waals surface area contributed by atoms with Gasteiger partial charge in [0, 0.05) is 6.54 Å². The highest BCUT2D eigenvalue weighted by Gasteiger charge is 2.29. The summed E-state index contributed by atoms with van der Waals surface area (Å²) in [6, 6.07) is 16.1. The van der Waals surface area contributed by atoms with E-state index in [9.17, 15) is 4.79 Å². The third-order valence-corrected chi connectivity index (χ3v) is 5.69. The van der Waals surface area contributed by atoms with Gasteiger partial charge in [-0.3, -0.25) is 0 Å². The number of hydrogen-bond donors (Lipinski definition) is 0. The van der Waals surface area contributed by atoms with Gasteiger partial charge in [-0.25, -0.2) is 4.79 Å². The molecular formula is C25H31NO3. The molecule has 0 amide bonds. The minimum absolute atomic E-state index is 0.297. The Morgan fingerprint density at radius 1 is 1.14 bits per heavy atom. The molecule has 0 spiro atoms. The topological polar surface area (TPSA) is 38.8 Å². The fourth-order valence-electron chi connectivity index (χ4n) is 4.31. The van der Waals surface area contributed by atoms with Crippen LogP contribution in [0.3, 0.4) is 0 Å². The monoisotopic (exact) mass is 393 g/mol. The van der Waals surface area contributed by atoms with Gasteiger partial charge < -0.3 is 14.4 Å². The zero-order chi connectivity index (χ0) is 20.8. The summed E-state index contributed by atoms with van der Waals surface area (Å²) in [5.41, 5.74) is 4.41. The Hall–Kier alpha value is -2.59. The quantitative estimate of drug-likeness (QED) is 0.647. The standard InChI is InChI=1S/C25H31NO3/c1-26(2)17-22-12-11-19(13-18-7-5-9-21(14-18)25(27)29-4)15-24(22)20-8-6-10-23(16-20)28-3/h5-10,13-14,16,22,24H,11-12,15,17H2,1-4H3/b19-13+/t22-,24+/m0/s1. The second-order valence-electron chi connectivity index (χ2n) is 8.07. The lowest BCUT2D eigenvalue weighted by atomic mass is 9.73. The van der Waals surface area contributed by atoms with E-state index in [-0.39, 0.29) is 5.97 Å². The summed E-state index contributed by atoms with van der Waals surface area (Å²) < 4.78 is 10.3. The molecule has 154 valence electrons. The number of carbonyl (C=O) groups excluding carboxylic acids is 1. The summed E-state index contributed by atoms with van der Waals surface area (Å²) in [5.74, 6) is 1.68. The minimum Gasteiger partial charge on any atom is -0.497 e. The van der Waals surface area contributed by atoms with E-state index >= 15 is 0 Å². The molecule has 29 heavy (non-hydrogen) atoms. The van der Waals surface area contributed by atoms with E-state index < -0.39 is 0 Å². The van der Waals surface area contributed by atoms with Crippen molar-refractivity contribution in [1.29, 1.82) is 0 Å². The van der Waals surface area contributed by atoms with Gasteiger partial charge in [0.05, 0.1) is 19.8 Å². The molecular weight excluding hydrogens is 362 g/mol. The maximum absolute atomic E-state index is 11.8. The van der Waals surface area contributed by atoms with Crippen LogP contribution in [0.2, 0.25) is 0 Å². The first-order valence-corrected chi connectivity index (χ1v) is 10.2. The minimum atomic E-state index is -0.297.